The summed E-state index contributed by atoms with van der Waals surface area (Å²) in [6, 6.07) is 0. The van der Waals surface area contributed by atoms with Gasteiger partial charge in [0.1, 0.15) is 18.3 Å². The van der Waals surface area contributed by atoms with E-state index in [-0.39, 0.29) is 135 Å². The summed E-state index contributed by atoms with van der Waals surface area (Å²) in [5, 5.41) is 59.9. The van der Waals surface area contributed by atoms with Crippen molar-refractivity contribution in [2.24, 2.45) is 0 Å². The average molecular weight is 397 g/mol. The summed E-state index contributed by atoms with van der Waals surface area (Å²) in [5.74, 6) is -1.44. The minimum Gasteiger partial charge on any atom is -1.00 e. The number of carbonyl (C=O) groups is 1. The molecule has 0 amide bonds. The Labute approximate surface area is 222 Å². The average Bonchev–Trinajstić information content (AvgIpc) is 2.26. The van der Waals surface area contributed by atoms with Gasteiger partial charge in [0.05, 0.1) is 25.3 Å². The van der Waals surface area contributed by atoms with Gasteiger partial charge < -0.3 is 65.4 Å². The van der Waals surface area contributed by atoms with E-state index in [0.717, 1.165) is 6.92 Å². The third-order valence-corrected chi connectivity index (χ3v) is 1.50. The molecule has 13 heteroatoms. The van der Waals surface area contributed by atoms with Crippen molar-refractivity contribution >= 4 is 5.97 Å². The van der Waals surface area contributed by atoms with Crippen molar-refractivity contribution in [1.82, 2.24) is 0 Å². The van der Waals surface area contributed by atoms with E-state index >= 15 is 0 Å². The molecule has 0 aliphatic heterocycles. The number of aliphatic carboxylic acids is 1. The molecule has 0 bridgehead atoms. The molecule has 3 atom stereocenters. The molecule has 0 aliphatic carbocycles. The van der Waals surface area contributed by atoms with Gasteiger partial charge in [0.25, 0.3) is 0 Å². The zero-order valence-electron chi connectivity index (χ0n) is 12.5. The number of halogens is 2. The molecule has 0 saturated heterocycles. The van der Waals surface area contributed by atoms with Gasteiger partial charge in [0, 0.05) is 0 Å². The van der Waals surface area contributed by atoms with Crippen molar-refractivity contribution in [3.8, 4) is 0 Å². The maximum absolute atomic E-state index is 9.34. The van der Waals surface area contributed by atoms with Gasteiger partial charge in [-0.1, -0.05) is 0 Å². The Morgan fingerprint density at radius 1 is 0.952 bits per heavy atom. The molecule has 0 fully saturated rings. The first-order chi connectivity index (χ1) is 7.27. The summed E-state index contributed by atoms with van der Waals surface area (Å²) in [5.41, 5.74) is 0. The van der Waals surface area contributed by atoms with Crippen molar-refractivity contribution in [2.45, 2.75) is 31.3 Å². The minimum absolute atomic E-state index is 0. The van der Waals surface area contributed by atoms with E-state index in [4.69, 9.17) is 30.6 Å². The van der Waals surface area contributed by atoms with E-state index in [2.05, 4.69) is 0 Å². The zero-order chi connectivity index (χ0) is 13.3. The Bertz CT molecular complexity index is 197. The van der Waals surface area contributed by atoms with Gasteiger partial charge in [-0.3, -0.25) is 0 Å². The number of hydrogen-bond donors (Lipinski definition) is 6. The summed E-state index contributed by atoms with van der Waals surface area (Å²) in [4.78, 5) is 9.34. The van der Waals surface area contributed by atoms with Crippen LogP contribution in [0, 0.1) is 0 Å². The van der Waals surface area contributed by atoms with Gasteiger partial charge in [-0.25, -0.2) is 0 Å². The molecule has 8 nitrogen and oxygen atoms in total. The third-order valence-electron chi connectivity index (χ3n) is 1.50. The Hall–Kier alpha value is 3.45. The maximum Gasteiger partial charge on any atom is 1.00 e. The first-order valence-electron chi connectivity index (χ1n) is 4.42. The predicted molar refractivity (Wildman–Crippen MR) is 48.9 cm³/mol. The second kappa shape index (κ2) is 28.3. The zero-order valence-corrected chi connectivity index (χ0v) is 21.1. The second-order valence-electron chi connectivity index (χ2n) is 2.99. The van der Waals surface area contributed by atoms with Gasteiger partial charge in [-0.05, 0) is 6.92 Å². The maximum atomic E-state index is 9.34. The van der Waals surface area contributed by atoms with E-state index in [9.17, 15) is 9.90 Å². The molecule has 114 valence electrons. The second-order valence-corrected chi connectivity index (χ2v) is 2.99. The van der Waals surface area contributed by atoms with Crippen LogP contribution in [-0.4, -0.2) is 74.2 Å². The first kappa shape index (κ1) is 44.2. The van der Waals surface area contributed by atoms with Gasteiger partial charge in [-0.15, -0.1) is 0 Å². The Morgan fingerprint density at radius 2 is 1.14 bits per heavy atom. The molecule has 3 unspecified atom stereocenters. The third kappa shape index (κ3) is 28.5. The Morgan fingerprint density at radius 3 is 1.24 bits per heavy atom. The van der Waals surface area contributed by atoms with Crippen LogP contribution < -0.4 is 140 Å². The van der Waals surface area contributed by atoms with Crippen LogP contribution >= 0.6 is 0 Å². The Balaban J connectivity index is -0.0000000322. The van der Waals surface area contributed by atoms with E-state index in [1.54, 1.807) is 0 Å². The Kier molecular flexibility index (Phi) is 59.4. The fraction of sp³-hybridized carbons (Fsp3) is 0.875. The molecule has 0 aliphatic rings. The van der Waals surface area contributed by atoms with Gasteiger partial charge in [0.15, 0.2) is 0 Å². The van der Waals surface area contributed by atoms with Crippen molar-refractivity contribution in [3.63, 3.8) is 0 Å². The molecular formula is C8H17Cl2KNa2O8. The number of hydrogen-bond acceptors (Lipinski definition) is 8. The molecule has 0 saturated carbocycles. The standard InChI is InChI=1S/C5H12O5.C3H6O3.2ClH.K.2Na/c6-1-3(8)5(10)4(9)2-7;1-2(4)3(5)6;;;;;/h3-10H,1-2H2;2,4H,1H3,(H,5,6);2*1H;;;/q;;;;3*+1/p-3. The number of carbonyl (C=O) groups excluding carboxylic acids is 1. The summed E-state index contributed by atoms with van der Waals surface area (Å²) in [6.07, 6.45) is -5.63. The monoisotopic (exact) mass is 396 g/mol. The van der Waals surface area contributed by atoms with Crippen LogP contribution in [0.1, 0.15) is 6.92 Å². The summed E-state index contributed by atoms with van der Waals surface area (Å²) in [6.45, 7) is -0.147. The molecule has 0 aromatic heterocycles. The minimum atomic E-state index is -1.49. The van der Waals surface area contributed by atoms with Crippen LogP contribution in [0.15, 0.2) is 0 Å². The normalized spacial score (nSPS) is 13.5. The van der Waals surface area contributed by atoms with E-state index in [1.165, 1.54) is 0 Å². The number of carboxylic acid groups (broad SMARTS) is 1. The fourth-order valence-electron chi connectivity index (χ4n) is 0.472. The fourth-order valence-corrected chi connectivity index (χ4v) is 0.472. The van der Waals surface area contributed by atoms with Crippen LogP contribution in [0.3, 0.4) is 0 Å². The quantitative estimate of drug-likeness (QED) is 0.249. The van der Waals surface area contributed by atoms with Crippen molar-refractivity contribution in [2.75, 3.05) is 13.2 Å². The molecule has 0 radical (unpaired) electrons. The van der Waals surface area contributed by atoms with Gasteiger partial charge in [-0.2, -0.15) is 0 Å². The first-order valence-corrected chi connectivity index (χ1v) is 4.42. The van der Waals surface area contributed by atoms with Crippen LogP contribution in [0.25, 0.3) is 0 Å². The molecule has 21 heavy (non-hydrogen) atoms. The number of rotatable bonds is 5. The molecule has 0 aromatic carbocycles. The van der Waals surface area contributed by atoms with E-state index in [0.29, 0.717) is 0 Å². The van der Waals surface area contributed by atoms with Crippen molar-refractivity contribution in [3.05, 3.63) is 0 Å². The summed E-state index contributed by atoms with van der Waals surface area (Å²) >= 11 is 0. The number of aliphatic hydroxyl groups is 6. The van der Waals surface area contributed by atoms with Crippen LogP contribution in [0.4, 0.5) is 0 Å². The van der Waals surface area contributed by atoms with Gasteiger partial charge >= 0.3 is 110 Å². The SMILES string of the molecule is CC(O)C(=O)[O-].OCC(O)C(O)C(O)CO.[Cl-].[Cl-].[K+].[Na+].[Na+]. The molecule has 6 N–H and O–H groups in total. The number of carboxylic acids is 1. The van der Waals surface area contributed by atoms with Crippen LogP contribution in [0.2, 0.25) is 0 Å². The molecule has 0 spiro atoms. The predicted octanol–water partition coefficient (Wildman–Crippen LogP) is -19.8. The smallest absolute Gasteiger partial charge is 1.00 e. The summed E-state index contributed by atoms with van der Waals surface area (Å²) < 4.78 is 0. The topological polar surface area (TPSA) is 162 Å². The van der Waals surface area contributed by atoms with E-state index < -0.39 is 43.6 Å². The van der Waals surface area contributed by atoms with E-state index in [1.807, 2.05) is 0 Å². The number of aliphatic hydroxyl groups excluding tert-OH is 6. The molecular weight excluding hydrogens is 380 g/mol. The van der Waals surface area contributed by atoms with Crippen molar-refractivity contribution < 1.29 is 176 Å². The summed E-state index contributed by atoms with van der Waals surface area (Å²) in [7, 11) is 0. The molecule has 0 rings (SSSR count). The molecule has 0 heterocycles. The van der Waals surface area contributed by atoms with Crippen molar-refractivity contribution in [1.29, 1.82) is 0 Å². The van der Waals surface area contributed by atoms with Crippen LogP contribution in [0.5, 0.6) is 0 Å². The van der Waals surface area contributed by atoms with Crippen LogP contribution in [-0.2, 0) is 4.79 Å². The largest absolute Gasteiger partial charge is 1.00 e. The molecule has 0 aromatic rings. The van der Waals surface area contributed by atoms with Gasteiger partial charge in [0.2, 0.25) is 0 Å².